The van der Waals surface area contributed by atoms with Crippen LogP contribution in [0.5, 0.6) is 0 Å². The molecular weight excluding hydrogens is 308 g/mol. The molecule has 8 heteroatoms. The number of nitrogen functional groups attached to an aromatic ring is 1. The van der Waals surface area contributed by atoms with Crippen molar-refractivity contribution in [2.45, 2.75) is 19.5 Å². The van der Waals surface area contributed by atoms with E-state index in [-0.39, 0.29) is 23.7 Å². The summed E-state index contributed by atoms with van der Waals surface area (Å²) in [6.45, 7) is 4.31. The number of nitrogens with zero attached hydrogens (tertiary/aromatic N) is 4. The molecule has 1 unspecified atom stereocenters. The number of furan rings is 1. The van der Waals surface area contributed by atoms with Crippen LogP contribution >= 0.6 is 0 Å². The van der Waals surface area contributed by atoms with Crippen LogP contribution < -0.4 is 11.1 Å². The van der Waals surface area contributed by atoms with E-state index < -0.39 is 0 Å². The smallest absolute Gasteiger partial charge is 0.270 e. The van der Waals surface area contributed by atoms with E-state index in [0.717, 1.165) is 19.5 Å². The van der Waals surface area contributed by atoms with Gasteiger partial charge in [0.1, 0.15) is 17.6 Å². The van der Waals surface area contributed by atoms with Crippen LogP contribution in [0, 0.1) is 0 Å². The van der Waals surface area contributed by atoms with Crippen molar-refractivity contribution in [2.24, 2.45) is 4.99 Å². The molecule has 3 rings (SSSR count). The molecule has 1 amide bonds. The fourth-order valence-corrected chi connectivity index (χ4v) is 2.61. The minimum Gasteiger partial charge on any atom is -0.463 e. The molecule has 0 fully saturated rings. The Balaban J connectivity index is 1.68. The van der Waals surface area contributed by atoms with E-state index in [2.05, 4.69) is 32.1 Å². The molecule has 8 nitrogen and oxygen atoms in total. The SMILES string of the molecule is CCCN1CC=NC1CNC(=O)c1cc(-c2ccco2)nc(N)n1. The number of carbonyl (C=O) groups is 1. The van der Waals surface area contributed by atoms with Gasteiger partial charge in [-0.1, -0.05) is 6.92 Å². The highest BCUT2D eigenvalue weighted by Gasteiger charge is 2.21. The second kappa shape index (κ2) is 7.22. The lowest BCUT2D eigenvalue weighted by molar-refractivity contribution is 0.0935. The normalized spacial score (nSPS) is 17.3. The van der Waals surface area contributed by atoms with Crippen molar-refractivity contribution in [2.75, 3.05) is 25.4 Å². The molecule has 1 atom stereocenters. The lowest BCUT2D eigenvalue weighted by atomic mass is 10.2. The Labute approximate surface area is 139 Å². The topological polar surface area (TPSA) is 110 Å². The second-order valence-electron chi connectivity index (χ2n) is 5.49. The first-order valence-electron chi connectivity index (χ1n) is 7.89. The van der Waals surface area contributed by atoms with E-state index in [1.807, 2.05) is 6.21 Å². The molecule has 0 spiro atoms. The van der Waals surface area contributed by atoms with Crippen molar-refractivity contribution in [3.8, 4) is 11.5 Å². The van der Waals surface area contributed by atoms with Crippen molar-refractivity contribution in [3.63, 3.8) is 0 Å². The summed E-state index contributed by atoms with van der Waals surface area (Å²) in [6, 6.07) is 5.05. The molecule has 0 aliphatic carbocycles. The predicted molar refractivity (Wildman–Crippen MR) is 90.6 cm³/mol. The Kier molecular flexibility index (Phi) is 4.85. The van der Waals surface area contributed by atoms with E-state index in [0.29, 0.717) is 18.0 Å². The third kappa shape index (κ3) is 3.60. The third-order valence-corrected chi connectivity index (χ3v) is 3.72. The van der Waals surface area contributed by atoms with Crippen LogP contribution in [0.1, 0.15) is 23.8 Å². The van der Waals surface area contributed by atoms with E-state index in [4.69, 9.17) is 10.2 Å². The van der Waals surface area contributed by atoms with Crippen LogP contribution in [0.25, 0.3) is 11.5 Å². The van der Waals surface area contributed by atoms with Crippen LogP contribution in [-0.4, -0.2) is 52.8 Å². The van der Waals surface area contributed by atoms with Gasteiger partial charge in [0.05, 0.1) is 12.8 Å². The van der Waals surface area contributed by atoms with Gasteiger partial charge in [-0.05, 0) is 24.6 Å². The van der Waals surface area contributed by atoms with Gasteiger partial charge in [-0.2, -0.15) is 0 Å². The molecule has 3 N–H and O–H groups in total. The van der Waals surface area contributed by atoms with Gasteiger partial charge in [0.25, 0.3) is 5.91 Å². The molecule has 126 valence electrons. The minimum absolute atomic E-state index is 0.0283. The number of nitrogens with two attached hydrogens (primary N) is 1. The molecule has 0 bridgehead atoms. The van der Waals surface area contributed by atoms with Crippen LogP contribution in [0.3, 0.4) is 0 Å². The Morgan fingerprint density at radius 1 is 1.50 bits per heavy atom. The molecule has 2 aromatic heterocycles. The average molecular weight is 328 g/mol. The summed E-state index contributed by atoms with van der Waals surface area (Å²) in [5.74, 6) is 0.253. The van der Waals surface area contributed by atoms with E-state index in [1.165, 1.54) is 6.26 Å². The Morgan fingerprint density at radius 3 is 3.12 bits per heavy atom. The molecular formula is C16H20N6O2. The van der Waals surface area contributed by atoms with Gasteiger partial charge in [0.2, 0.25) is 5.95 Å². The van der Waals surface area contributed by atoms with Crippen molar-refractivity contribution < 1.29 is 9.21 Å². The van der Waals surface area contributed by atoms with Crippen LogP contribution in [-0.2, 0) is 0 Å². The van der Waals surface area contributed by atoms with Crippen molar-refractivity contribution in [3.05, 3.63) is 30.2 Å². The summed E-state index contributed by atoms with van der Waals surface area (Å²) < 4.78 is 5.29. The number of aliphatic imine (C=N–C) groups is 1. The lowest BCUT2D eigenvalue weighted by Gasteiger charge is -2.22. The molecule has 2 aromatic rings. The number of carbonyl (C=O) groups excluding carboxylic acids is 1. The predicted octanol–water partition coefficient (Wildman–Crippen LogP) is 1.17. The van der Waals surface area contributed by atoms with Gasteiger partial charge in [0.15, 0.2) is 5.76 Å². The van der Waals surface area contributed by atoms with E-state index in [1.54, 1.807) is 18.2 Å². The summed E-state index contributed by atoms with van der Waals surface area (Å²) in [6.07, 6.45) is 4.43. The van der Waals surface area contributed by atoms with Crippen LogP contribution in [0.2, 0.25) is 0 Å². The number of hydrogen-bond acceptors (Lipinski definition) is 7. The van der Waals surface area contributed by atoms with Gasteiger partial charge in [0, 0.05) is 19.3 Å². The summed E-state index contributed by atoms with van der Waals surface area (Å²) in [5, 5.41) is 2.86. The van der Waals surface area contributed by atoms with Crippen LogP contribution in [0.15, 0.2) is 33.9 Å². The first-order valence-corrected chi connectivity index (χ1v) is 7.89. The fourth-order valence-electron chi connectivity index (χ4n) is 2.61. The van der Waals surface area contributed by atoms with Crippen LogP contribution in [0.4, 0.5) is 5.95 Å². The van der Waals surface area contributed by atoms with Crippen molar-refractivity contribution in [1.82, 2.24) is 20.2 Å². The van der Waals surface area contributed by atoms with Crippen molar-refractivity contribution >= 4 is 18.1 Å². The zero-order valence-electron chi connectivity index (χ0n) is 13.5. The standard InChI is InChI=1S/C16H20N6O2/c1-2-6-22-7-5-18-14(22)10-19-15(23)12-9-11(20-16(17)21-12)13-4-3-8-24-13/h3-5,8-9,14H,2,6-7,10H2,1H3,(H,19,23)(H2,17,20,21). The molecule has 1 aliphatic rings. The Morgan fingerprint density at radius 2 is 2.38 bits per heavy atom. The highest BCUT2D eigenvalue weighted by Crippen LogP contribution is 2.19. The maximum absolute atomic E-state index is 12.4. The number of rotatable bonds is 6. The maximum atomic E-state index is 12.4. The summed E-state index contributed by atoms with van der Waals surface area (Å²) in [5.41, 5.74) is 6.39. The minimum atomic E-state index is -0.310. The van der Waals surface area contributed by atoms with Gasteiger partial charge < -0.3 is 15.5 Å². The number of nitrogens with one attached hydrogen (secondary N) is 1. The summed E-state index contributed by atoms with van der Waals surface area (Å²) in [7, 11) is 0. The van der Waals surface area contributed by atoms with Crippen molar-refractivity contribution in [1.29, 1.82) is 0 Å². The first-order chi connectivity index (χ1) is 11.7. The average Bonchev–Trinajstić information content (AvgIpc) is 3.24. The highest BCUT2D eigenvalue weighted by molar-refractivity contribution is 5.93. The zero-order valence-corrected chi connectivity index (χ0v) is 13.5. The largest absolute Gasteiger partial charge is 0.463 e. The Hall–Kier alpha value is -2.74. The second-order valence-corrected chi connectivity index (χ2v) is 5.49. The number of anilines is 1. The van der Waals surface area contributed by atoms with E-state index >= 15 is 0 Å². The molecule has 0 aromatic carbocycles. The molecule has 1 aliphatic heterocycles. The number of hydrogen-bond donors (Lipinski definition) is 2. The van der Waals surface area contributed by atoms with Gasteiger partial charge >= 0.3 is 0 Å². The first kappa shape index (κ1) is 16.1. The third-order valence-electron chi connectivity index (χ3n) is 3.72. The fraction of sp³-hybridized carbons (Fsp3) is 0.375. The van der Waals surface area contributed by atoms with E-state index in [9.17, 15) is 4.79 Å². The molecule has 0 saturated carbocycles. The monoisotopic (exact) mass is 328 g/mol. The zero-order chi connectivity index (χ0) is 16.9. The molecule has 0 radical (unpaired) electrons. The quantitative estimate of drug-likeness (QED) is 0.824. The molecule has 0 saturated heterocycles. The lowest BCUT2D eigenvalue weighted by Crippen LogP contribution is -2.41. The highest BCUT2D eigenvalue weighted by atomic mass is 16.3. The summed E-state index contributed by atoms with van der Waals surface area (Å²) in [4.78, 5) is 27.1. The molecule has 24 heavy (non-hydrogen) atoms. The summed E-state index contributed by atoms with van der Waals surface area (Å²) >= 11 is 0. The number of amides is 1. The maximum Gasteiger partial charge on any atom is 0.270 e. The molecule has 3 heterocycles. The van der Waals surface area contributed by atoms with Gasteiger partial charge in [-0.3, -0.25) is 14.7 Å². The van der Waals surface area contributed by atoms with Gasteiger partial charge in [-0.25, -0.2) is 9.97 Å². The number of aromatic nitrogens is 2. The van der Waals surface area contributed by atoms with Gasteiger partial charge in [-0.15, -0.1) is 0 Å². The Bertz CT molecular complexity index is 728.